The standard InChI is InChI=1S/C26H30N4O3/c1-19(23(31)17-21-7-8-24-22(16-21)9-12-33-24)15-25-27-28-26(29-10-13-32-14-11-29)30(25)18-20-5-3-2-4-6-20/h2-8,16,19H,9-15,17-18H2,1H3. The van der Waals surface area contributed by atoms with E-state index in [1.807, 2.05) is 37.3 Å². The van der Waals surface area contributed by atoms with Gasteiger partial charge in [0.05, 0.1) is 26.4 Å². The second-order valence-electron chi connectivity index (χ2n) is 8.88. The van der Waals surface area contributed by atoms with Crippen LogP contribution in [0.15, 0.2) is 48.5 Å². The van der Waals surface area contributed by atoms with Crippen LogP contribution in [0.1, 0.15) is 29.4 Å². The third kappa shape index (κ3) is 4.93. The number of morpholine rings is 1. The van der Waals surface area contributed by atoms with Crippen molar-refractivity contribution in [1.82, 2.24) is 14.8 Å². The van der Waals surface area contributed by atoms with Gasteiger partial charge < -0.3 is 14.4 Å². The van der Waals surface area contributed by atoms with Crippen molar-refractivity contribution in [3.8, 4) is 5.75 Å². The number of benzene rings is 2. The summed E-state index contributed by atoms with van der Waals surface area (Å²) in [4.78, 5) is 15.3. The molecule has 5 rings (SSSR count). The highest BCUT2D eigenvalue weighted by atomic mass is 16.5. The highest BCUT2D eigenvalue weighted by Gasteiger charge is 2.24. The molecule has 7 heteroatoms. The molecule has 1 saturated heterocycles. The van der Waals surface area contributed by atoms with Crippen LogP contribution in [-0.4, -0.2) is 53.5 Å². The van der Waals surface area contributed by atoms with E-state index in [1.165, 1.54) is 11.1 Å². The number of hydrogen-bond acceptors (Lipinski definition) is 6. The fraction of sp³-hybridized carbons (Fsp3) is 0.423. The first-order valence-electron chi connectivity index (χ1n) is 11.7. The van der Waals surface area contributed by atoms with Crippen LogP contribution in [0.2, 0.25) is 0 Å². The van der Waals surface area contributed by atoms with Crippen molar-refractivity contribution in [3.63, 3.8) is 0 Å². The van der Waals surface area contributed by atoms with E-state index in [1.54, 1.807) is 0 Å². The monoisotopic (exact) mass is 446 g/mol. The van der Waals surface area contributed by atoms with Crippen LogP contribution in [0.3, 0.4) is 0 Å². The highest BCUT2D eigenvalue weighted by Crippen LogP contribution is 2.27. The van der Waals surface area contributed by atoms with Gasteiger partial charge in [-0.25, -0.2) is 0 Å². The number of ketones is 1. The minimum absolute atomic E-state index is 0.147. The van der Waals surface area contributed by atoms with Crippen LogP contribution in [0, 0.1) is 5.92 Å². The highest BCUT2D eigenvalue weighted by molar-refractivity contribution is 5.83. The summed E-state index contributed by atoms with van der Waals surface area (Å²) in [6.07, 6.45) is 1.91. The summed E-state index contributed by atoms with van der Waals surface area (Å²) in [5.74, 6) is 2.73. The van der Waals surface area contributed by atoms with Gasteiger partial charge in [0.2, 0.25) is 5.95 Å². The molecule has 0 radical (unpaired) electrons. The second-order valence-corrected chi connectivity index (χ2v) is 8.88. The molecule has 0 N–H and O–H groups in total. The number of aromatic nitrogens is 3. The van der Waals surface area contributed by atoms with E-state index < -0.39 is 0 Å². The molecule has 1 fully saturated rings. The molecule has 0 spiro atoms. The average Bonchev–Trinajstić information content (AvgIpc) is 3.47. The van der Waals surface area contributed by atoms with Crippen LogP contribution < -0.4 is 9.64 Å². The molecule has 1 atom stereocenters. The van der Waals surface area contributed by atoms with Crippen molar-refractivity contribution >= 4 is 11.7 Å². The summed E-state index contributed by atoms with van der Waals surface area (Å²) in [6.45, 7) is 6.37. The van der Waals surface area contributed by atoms with Gasteiger partial charge in [-0.2, -0.15) is 0 Å². The van der Waals surface area contributed by atoms with Crippen LogP contribution in [0.25, 0.3) is 0 Å². The van der Waals surface area contributed by atoms with Gasteiger partial charge in [0.1, 0.15) is 17.4 Å². The van der Waals surface area contributed by atoms with Crippen molar-refractivity contribution in [3.05, 3.63) is 71.0 Å². The Bertz CT molecular complexity index is 1110. The molecule has 172 valence electrons. The first kappa shape index (κ1) is 21.6. The van der Waals surface area contributed by atoms with Crippen molar-refractivity contribution < 1.29 is 14.3 Å². The lowest BCUT2D eigenvalue weighted by atomic mass is 9.95. The predicted octanol–water partition coefficient (Wildman–Crippen LogP) is 3.09. The number of rotatable bonds is 8. The molecule has 33 heavy (non-hydrogen) atoms. The van der Waals surface area contributed by atoms with E-state index in [-0.39, 0.29) is 11.7 Å². The van der Waals surface area contributed by atoms with Gasteiger partial charge in [-0.3, -0.25) is 9.36 Å². The fourth-order valence-electron chi connectivity index (χ4n) is 4.52. The maximum absolute atomic E-state index is 13.1. The zero-order chi connectivity index (χ0) is 22.6. The van der Waals surface area contributed by atoms with Crippen LogP contribution in [0.4, 0.5) is 5.95 Å². The Hall–Kier alpha value is -3.19. The number of anilines is 1. The lowest BCUT2D eigenvalue weighted by molar-refractivity contribution is -0.121. The zero-order valence-electron chi connectivity index (χ0n) is 19.1. The second kappa shape index (κ2) is 9.75. The topological polar surface area (TPSA) is 69.5 Å². The molecule has 0 amide bonds. The van der Waals surface area contributed by atoms with Gasteiger partial charge in [-0.15, -0.1) is 10.2 Å². The van der Waals surface area contributed by atoms with Gasteiger partial charge in [0, 0.05) is 38.3 Å². The lowest BCUT2D eigenvalue weighted by Crippen LogP contribution is -2.38. The van der Waals surface area contributed by atoms with Gasteiger partial charge in [-0.05, 0) is 22.8 Å². The summed E-state index contributed by atoms with van der Waals surface area (Å²) in [6, 6.07) is 16.4. The molecule has 2 aromatic carbocycles. The Balaban J connectivity index is 1.33. The SMILES string of the molecule is CC(Cc1nnc(N2CCOCC2)n1Cc1ccccc1)C(=O)Cc1ccc2c(c1)CCO2. The summed E-state index contributed by atoms with van der Waals surface area (Å²) in [7, 11) is 0. The first-order valence-corrected chi connectivity index (χ1v) is 11.7. The summed E-state index contributed by atoms with van der Waals surface area (Å²) in [5, 5.41) is 9.06. The first-order chi connectivity index (χ1) is 16.2. The minimum atomic E-state index is -0.147. The maximum Gasteiger partial charge on any atom is 0.227 e. The van der Waals surface area contributed by atoms with E-state index in [0.29, 0.717) is 32.6 Å². The molecule has 1 aromatic heterocycles. The maximum atomic E-state index is 13.1. The molecule has 0 aliphatic carbocycles. The number of ether oxygens (including phenoxy) is 2. The Morgan fingerprint density at radius 1 is 1.03 bits per heavy atom. The average molecular weight is 447 g/mol. The Labute approximate surface area is 194 Å². The number of carbonyl (C=O) groups is 1. The summed E-state index contributed by atoms with van der Waals surface area (Å²) < 4.78 is 13.3. The quantitative estimate of drug-likeness (QED) is 0.530. The third-order valence-electron chi connectivity index (χ3n) is 6.46. The molecule has 1 unspecified atom stereocenters. The van der Waals surface area contributed by atoms with Gasteiger partial charge in [0.25, 0.3) is 0 Å². The number of fused-ring (bicyclic) bond motifs is 1. The van der Waals surface area contributed by atoms with E-state index in [0.717, 1.165) is 49.2 Å². The van der Waals surface area contributed by atoms with Gasteiger partial charge >= 0.3 is 0 Å². The van der Waals surface area contributed by atoms with Crippen LogP contribution in [-0.2, 0) is 35.3 Å². The lowest BCUT2D eigenvalue weighted by Gasteiger charge is -2.28. The molecular weight excluding hydrogens is 416 g/mol. The molecule has 3 heterocycles. The molecule has 0 saturated carbocycles. The molecule has 2 aliphatic heterocycles. The molecule has 2 aliphatic rings. The Morgan fingerprint density at radius 2 is 1.85 bits per heavy atom. The zero-order valence-corrected chi connectivity index (χ0v) is 19.1. The number of Topliss-reactive ketones (excluding diaryl/α,β-unsaturated/α-hetero) is 1. The fourth-order valence-corrected chi connectivity index (χ4v) is 4.52. The minimum Gasteiger partial charge on any atom is -0.493 e. The van der Waals surface area contributed by atoms with Gasteiger partial charge in [-0.1, -0.05) is 49.4 Å². The molecular formula is C26H30N4O3. The summed E-state index contributed by atoms with van der Waals surface area (Å²) >= 11 is 0. The van der Waals surface area contributed by atoms with Crippen LogP contribution >= 0.6 is 0 Å². The van der Waals surface area contributed by atoms with Crippen molar-refractivity contribution in [1.29, 1.82) is 0 Å². The van der Waals surface area contributed by atoms with E-state index >= 15 is 0 Å². The van der Waals surface area contributed by atoms with Crippen LogP contribution in [0.5, 0.6) is 5.75 Å². The normalized spacial score (nSPS) is 16.3. The van der Waals surface area contributed by atoms with E-state index in [4.69, 9.17) is 9.47 Å². The molecule has 7 nitrogen and oxygen atoms in total. The molecule has 0 bridgehead atoms. The van der Waals surface area contributed by atoms with Crippen molar-refractivity contribution in [2.24, 2.45) is 5.92 Å². The van der Waals surface area contributed by atoms with Gasteiger partial charge in [0.15, 0.2) is 0 Å². The predicted molar refractivity (Wildman–Crippen MR) is 126 cm³/mol. The van der Waals surface area contributed by atoms with E-state index in [2.05, 4.69) is 37.9 Å². The smallest absolute Gasteiger partial charge is 0.227 e. The largest absolute Gasteiger partial charge is 0.493 e. The third-order valence-corrected chi connectivity index (χ3v) is 6.46. The number of carbonyl (C=O) groups excluding carboxylic acids is 1. The van der Waals surface area contributed by atoms with Crippen molar-refractivity contribution in [2.45, 2.75) is 32.7 Å². The number of hydrogen-bond donors (Lipinski definition) is 0. The Morgan fingerprint density at radius 3 is 2.67 bits per heavy atom. The van der Waals surface area contributed by atoms with Crippen molar-refractivity contribution in [2.75, 3.05) is 37.8 Å². The molecule has 3 aromatic rings. The van der Waals surface area contributed by atoms with E-state index in [9.17, 15) is 4.79 Å². The summed E-state index contributed by atoms with van der Waals surface area (Å²) in [5.41, 5.74) is 3.44. The Kier molecular flexibility index (Phi) is 6.39. The number of nitrogens with zero attached hydrogens (tertiary/aromatic N) is 4.